The number of alkyl carbamates (subject to hydrolysis) is 1. The maximum Gasteiger partial charge on any atom is 0.409 e. The van der Waals surface area contributed by atoms with Crippen LogP contribution in [0, 0.1) is 17.8 Å². The molecule has 202 valence electrons. The van der Waals surface area contributed by atoms with Gasteiger partial charge >= 0.3 is 6.09 Å². The van der Waals surface area contributed by atoms with E-state index < -0.39 is 23.6 Å². The third-order valence-corrected chi connectivity index (χ3v) is 6.59. The van der Waals surface area contributed by atoms with Crippen molar-refractivity contribution in [3.05, 3.63) is 5.89 Å². The summed E-state index contributed by atoms with van der Waals surface area (Å²) in [5, 5.41) is 11.2. The molecule has 0 aliphatic heterocycles. The van der Waals surface area contributed by atoms with Crippen molar-refractivity contribution in [3.8, 4) is 11.8 Å². The van der Waals surface area contributed by atoms with E-state index in [4.69, 9.17) is 9.15 Å². The quantitative estimate of drug-likeness (QED) is 0.131. The highest BCUT2D eigenvalue weighted by Crippen LogP contribution is 2.34. The van der Waals surface area contributed by atoms with Gasteiger partial charge in [-0.15, -0.1) is 28.5 Å². The van der Waals surface area contributed by atoms with Crippen LogP contribution in [0.4, 0.5) is 4.79 Å². The summed E-state index contributed by atoms with van der Waals surface area (Å²) in [5.41, 5.74) is -1.05. The molecule has 1 N–H and O–H groups in total. The van der Waals surface area contributed by atoms with E-state index in [0.29, 0.717) is 30.9 Å². The van der Waals surface area contributed by atoms with Gasteiger partial charge in [-0.1, -0.05) is 38.0 Å². The van der Waals surface area contributed by atoms with Crippen LogP contribution < -0.4 is 5.32 Å². The summed E-state index contributed by atoms with van der Waals surface area (Å²) in [7, 11) is 3.94. The van der Waals surface area contributed by atoms with E-state index >= 15 is 0 Å². The standard InChI is InChI=1S/C24H37N5O5S.ClH/c1-6-7-14-33-22(32)25-24(11-9-8-10-12-24)29(17-30)19(16-18(2)3)20(31)21-26-27-23(34-21)35-15-13-28(4)5;/h17-19H,8-16H2,1-5H3,(H,25,32);1H. The molecule has 1 aliphatic rings. The Bertz CT molecular complexity index is 908. The van der Waals surface area contributed by atoms with E-state index in [1.807, 2.05) is 32.8 Å². The summed E-state index contributed by atoms with van der Waals surface area (Å²) in [6.45, 7) is 6.36. The van der Waals surface area contributed by atoms with Gasteiger partial charge in [-0.05, 0) is 59.0 Å². The predicted octanol–water partition coefficient (Wildman–Crippen LogP) is 3.61. The zero-order chi connectivity index (χ0) is 25.8. The predicted molar refractivity (Wildman–Crippen MR) is 140 cm³/mol. The van der Waals surface area contributed by atoms with Crippen LogP contribution in [0.5, 0.6) is 0 Å². The van der Waals surface area contributed by atoms with Crippen molar-refractivity contribution in [2.75, 3.05) is 33.0 Å². The van der Waals surface area contributed by atoms with Gasteiger partial charge in [0.1, 0.15) is 11.7 Å². The molecule has 0 saturated heterocycles. The van der Waals surface area contributed by atoms with Crippen molar-refractivity contribution in [2.24, 2.45) is 5.92 Å². The lowest BCUT2D eigenvalue weighted by molar-refractivity contribution is -0.130. The van der Waals surface area contributed by atoms with Crippen molar-refractivity contribution < 1.29 is 23.5 Å². The third kappa shape index (κ3) is 9.30. The van der Waals surface area contributed by atoms with Crippen LogP contribution in [0.3, 0.4) is 0 Å². The van der Waals surface area contributed by atoms with E-state index in [1.54, 1.807) is 6.92 Å². The highest BCUT2D eigenvalue weighted by molar-refractivity contribution is 7.99. The number of carbonyl (C=O) groups is 3. The molecule has 12 heteroatoms. The number of halogens is 1. The Labute approximate surface area is 224 Å². The average molecular weight is 544 g/mol. The largest absolute Gasteiger partial charge is 0.436 e. The molecule has 1 atom stereocenters. The zero-order valence-electron chi connectivity index (χ0n) is 21.7. The Hall–Kier alpha value is -2.29. The van der Waals surface area contributed by atoms with E-state index in [-0.39, 0.29) is 30.8 Å². The van der Waals surface area contributed by atoms with Gasteiger partial charge in [0.15, 0.2) is 6.61 Å². The van der Waals surface area contributed by atoms with Crippen LogP contribution in [0.15, 0.2) is 9.64 Å². The zero-order valence-corrected chi connectivity index (χ0v) is 23.4. The Morgan fingerprint density at radius 3 is 2.53 bits per heavy atom. The maximum atomic E-state index is 13.6. The number of nitrogens with zero attached hydrogens (tertiary/aromatic N) is 4. The third-order valence-electron chi connectivity index (χ3n) is 5.79. The molecule has 0 bridgehead atoms. The summed E-state index contributed by atoms with van der Waals surface area (Å²) in [6, 6.07) is -0.874. The smallest absolute Gasteiger partial charge is 0.409 e. The van der Waals surface area contributed by atoms with E-state index in [0.717, 1.165) is 31.6 Å². The first-order chi connectivity index (χ1) is 16.7. The van der Waals surface area contributed by atoms with Crippen LogP contribution in [0.2, 0.25) is 0 Å². The minimum Gasteiger partial charge on any atom is -0.436 e. The first kappa shape index (κ1) is 31.7. The topological polar surface area (TPSA) is 118 Å². The number of Topliss-reactive ketones (excluding diaryl/α,β-unsaturated/α-hetero) is 1. The first-order valence-corrected chi connectivity index (χ1v) is 12.9. The number of amides is 2. The van der Waals surface area contributed by atoms with Crippen LogP contribution in [-0.2, 0) is 9.53 Å². The molecule has 2 rings (SSSR count). The average Bonchev–Trinajstić information content (AvgIpc) is 3.27. The fourth-order valence-corrected chi connectivity index (χ4v) is 4.94. The maximum absolute atomic E-state index is 13.6. The van der Waals surface area contributed by atoms with E-state index in [1.165, 1.54) is 16.7 Å². The van der Waals surface area contributed by atoms with Crippen LogP contribution in [0.1, 0.15) is 70.0 Å². The fourth-order valence-electron chi connectivity index (χ4n) is 4.08. The minimum absolute atomic E-state index is 0. The summed E-state index contributed by atoms with van der Waals surface area (Å²) >= 11 is 1.37. The molecule has 1 heterocycles. The first-order valence-electron chi connectivity index (χ1n) is 12.0. The lowest BCUT2D eigenvalue weighted by atomic mass is 9.85. The number of thioether (sulfide) groups is 1. The number of nitrogens with one attached hydrogen (secondary N) is 1. The molecule has 1 aromatic heterocycles. The van der Waals surface area contributed by atoms with Gasteiger partial charge in [0.25, 0.3) is 11.1 Å². The lowest BCUT2D eigenvalue weighted by Crippen LogP contribution is -2.65. The number of aromatic nitrogens is 2. The summed E-state index contributed by atoms with van der Waals surface area (Å²) in [4.78, 5) is 42.1. The molecule has 0 radical (unpaired) electrons. The second kappa shape index (κ2) is 15.7. The molecule has 1 saturated carbocycles. The normalized spacial score (nSPS) is 15.3. The van der Waals surface area contributed by atoms with Crippen molar-refractivity contribution in [1.29, 1.82) is 0 Å². The molecule has 1 aromatic rings. The fraction of sp³-hybridized carbons (Fsp3) is 0.708. The van der Waals surface area contributed by atoms with Crippen LogP contribution in [-0.4, -0.2) is 83.0 Å². The van der Waals surface area contributed by atoms with Gasteiger partial charge in [-0.3, -0.25) is 14.9 Å². The minimum atomic E-state index is -1.05. The Kier molecular flexibility index (Phi) is 13.9. The molecule has 1 unspecified atom stereocenters. The lowest BCUT2D eigenvalue weighted by Gasteiger charge is -2.47. The molecule has 10 nitrogen and oxygen atoms in total. The highest BCUT2D eigenvalue weighted by atomic mass is 35.5. The summed E-state index contributed by atoms with van der Waals surface area (Å²) < 4.78 is 10.8. The van der Waals surface area contributed by atoms with Crippen molar-refractivity contribution in [1.82, 2.24) is 25.3 Å². The molecule has 1 aliphatic carbocycles. The molecule has 2 amide bonds. The number of hydrogen-bond donors (Lipinski definition) is 1. The van der Waals surface area contributed by atoms with Crippen LogP contribution in [0.25, 0.3) is 0 Å². The van der Waals surface area contributed by atoms with Gasteiger partial charge in [-0.25, -0.2) is 4.79 Å². The van der Waals surface area contributed by atoms with Crippen LogP contribution >= 0.6 is 24.2 Å². The van der Waals surface area contributed by atoms with Crippen molar-refractivity contribution in [3.63, 3.8) is 0 Å². The van der Waals surface area contributed by atoms with Gasteiger partial charge < -0.3 is 19.0 Å². The molecule has 1 fully saturated rings. The molecule has 0 aromatic carbocycles. The Morgan fingerprint density at radius 1 is 1.25 bits per heavy atom. The number of hydrogen-bond acceptors (Lipinski definition) is 9. The molecular weight excluding hydrogens is 506 g/mol. The number of ether oxygens (including phenoxy) is 1. The highest BCUT2D eigenvalue weighted by Gasteiger charge is 2.45. The molecule has 0 spiro atoms. The molecule has 36 heavy (non-hydrogen) atoms. The molecular formula is C24H38ClN5O5S. The number of rotatable bonds is 13. The number of ketones is 1. The van der Waals surface area contributed by atoms with Gasteiger partial charge in [0.2, 0.25) is 12.2 Å². The second-order valence-corrected chi connectivity index (χ2v) is 10.3. The van der Waals surface area contributed by atoms with E-state index in [9.17, 15) is 14.4 Å². The van der Waals surface area contributed by atoms with Gasteiger partial charge in [0, 0.05) is 12.3 Å². The van der Waals surface area contributed by atoms with Crippen molar-refractivity contribution >= 4 is 42.5 Å². The second-order valence-electron chi connectivity index (χ2n) is 9.27. The Balaban J connectivity index is 0.00000648. The SMILES string of the molecule is CC#CCOC(=O)NC1(N(C=O)C(CC(C)C)C(=O)c2nnc(SCCN(C)C)o2)CCCCC1.Cl. The Morgan fingerprint density at radius 2 is 1.94 bits per heavy atom. The van der Waals surface area contributed by atoms with Gasteiger partial charge in [0.05, 0.1) is 0 Å². The summed E-state index contributed by atoms with van der Waals surface area (Å²) in [6.07, 6.45) is 3.95. The van der Waals surface area contributed by atoms with E-state index in [2.05, 4.69) is 27.4 Å². The van der Waals surface area contributed by atoms with Gasteiger partial charge in [-0.2, -0.15) is 0 Å². The summed E-state index contributed by atoms with van der Waals surface area (Å²) in [5.74, 6) is 5.60. The van der Waals surface area contributed by atoms with Crippen molar-refractivity contribution in [2.45, 2.75) is 76.2 Å². The number of carbonyl (C=O) groups excluding carboxylic acids is 3. The monoisotopic (exact) mass is 543 g/mol.